The second kappa shape index (κ2) is 14.1. The maximum atomic E-state index is 13.4. The van der Waals surface area contributed by atoms with Gasteiger partial charge in [-0.1, -0.05) is 24.3 Å². The average Bonchev–Trinajstić information content (AvgIpc) is 3.34. The number of piperidine rings is 2. The van der Waals surface area contributed by atoms with E-state index in [1.54, 1.807) is 38.5 Å². The fraction of sp³-hybridized carbons (Fsp3) is 0.412. The van der Waals surface area contributed by atoms with Crippen LogP contribution in [0, 0.1) is 0 Å². The van der Waals surface area contributed by atoms with Crippen LogP contribution in [0.2, 0.25) is 0 Å². The van der Waals surface area contributed by atoms with E-state index in [1.165, 1.54) is 9.58 Å². The van der Waals surface area contributed by atoms with E-state index in [1.807, 2.05) is 24.3 Å². The molecule has 3 aliphatic heterocycles. The molecule has 2 unspecified atom stereocenters. The van der Waals surface area contributed by atoms with Crippen molar-refractivity contribution in [1.29, 1.82) is 0 Å². The van der Waals surface area contributed by atoms with Crippen molar-refractivity contribution in [3.05, 3.63) is 85.7 Å². The number of carbonyl (C=O) groups is 4. The summed E-state index contributed by atoms with van der Waals surface area (Å²) in [6.07, 6.45) is 1.32. The van der Waals surface area contributed by atoms with Gasteiger partial charge in [-0.05, 0) is 65.5 Å². The molecule has 1 aromatic heterocycles. The number of fused-ring (bicyclic) bond motifs is 1. The van der Waals surface area contributed by atoms with Gasteiger partial charge in [0, 0.05) is 50.8 Å². The third-order valence-electron chi connectivity index (χ3n) is 9.33. The lowest BCUT2D eigenvalue weighted by Gasteiger charge is -2.37. The molecule has 14 nitrogen and oxygen atoms in total. The minimum Gasteiger partial charge on any atom is -0.491 e. The number of nitrogens with zero attached hydrogens (tertiary/aromatic N) is 5. The van der Waals surface area contributed by atoms with E-state index in [0.29, 0.717) is 21.3 Å². The van der Waals surface area contributed by atoms with Crippen molar-refractivity contribution in [2.24, 2.45) is 7.05 Å². The Labute approximate surface area is 291 Å². The molecule has 0 aliphatic carbocycles. The maximum absolute atomic E-state index is 13.4. The Morgan fingerprint density at radius 2 is 1.88 bits per heavy atom. The summed E-state index contributed by atoms with van der Waals surface area (Å²) in [7, 11) is 5.34. The molecule has 2 fully saturated rings. The van der Waals surface area contributed by atoms with Gasteiger partial charge < -0.3 is 25.0 Å². The second-order valence-corrected chi connectivity index (χ2v) is 13.6. The monoisotopic (exact) mass is 735 g/mol. The third kappa shape index (κ3) is 6.96. The normalized spacial score (nSPS) is 22.5. The molecule has 2 aromatic carbocycles. The summed E-state index contributed by atoms with van der Waals surface area (Å²) in [6.45, 7) is 1.97. The molecule has 49 heavy (non-hydrogen) atoms. The van der Waals surface area contributed by atoms with Crippen molar-refractivity contribution in [2.45, 2.75) is 43.5 Å². The van der Waals surface area contributed by atoms with Crippen molar-refractivity contribution in [2.75, 3.05) is 45.7 Å². The molecule has 3 N–H and O–H groups in total. The number of rotatable bonds is 9. The summed E-state index contributed by atoms with van der Waals surface area (Å²) in [5.74, 6) is -1.33. The first-order valence-electron chi connectivity index (χ1n) is 16.0. The molecule has 0 bridgehead atoms. The minimum atomic E-state index is -1.35. The number of aliphatic hydroxyl groups excluding tert-OH is 1. The lowest BCUT2D eigenvalue weighted by Crippen LogP contribution is -2.53. The summed E-state index contributed by atoms with van der Waals surface area (Å²) in [4.78, 5) is 67.9. The number of likely N-dealkylation sites (N-methyl/N-ethyl adjacent to an activating group) is 2. The molecule has 15 heteroatoms. The molecule has 6 rings (SSSR count). The third-order valence-corrected chi connectivity index (χ3v) is 10.1. The van der Waals surface area contributed by atoms with E-state index in [4.69, 9.17) is 4.74 Å². The first kappa shape index (κ1) is 34.3. The highest BCUT2D eigenvalue weighted by Gasteiger charge is 2.45. The van der Waals surface area contributed by atoms with Crippen LogP contribution in [0.25, 0.3) is 0 Å². The van der Waals surface area contributed by atoms with Crippen LogP contribution >= 0.6 is 15.9 Å². The van der Waals surface area contributed by atoms with E-state index >= 15 is 0 Å². The highest BCUT2D eigenvalue weighted by molar-refractivity contribution is 9.10. The molecule has 2 saturated heterocycles. The van der Waals surface area contributed by atoms with Crippen LogP contribution < -0.4 is 20.9 Å². The molecule has 3 aromatic rings. The molecule has 0 saturated carbocycles. The summed E-state index contributed by atoms with van der Waals surface area (Å²) >= 11 is 3.39. The van der Waals surface area contributed by atoms with Crippen LogP contribution in [-0.2, 0) is 16.6 Å². The van der Waals surface area contributed by atoms with Gasteiger partial charge in [-0.2, -0.15) is 5.10 Å². The quantitative estimate of drug-likeness (QED) is 0.276. The molecule has 4 heterocycles. The number of ether oxygens (including phenoxy) is 1. The van der Waals surface area contributed by atoms with Crippen molar-refractivity contribution in [1.82, 2.24) is 29.8 Å². The smallest absolute Gasteiger partial charge is 0.282 e. The van der Waals surface area contributed by atoms with E-state index < -0.39 is 30.0 Å². The fourth-order valence-corrected chi connectivity index (χ4v) is 7.24. The number of amides is 4. The molecular weight excluding hydrogens is 698 g/mol. The zero-order valence-electron chi connectivity index (χ0n) is 27.4. The van der Waals surface area contributed by atoms with Gasteiger partial charge >= 0.3 is 0 Å². The van der Waals surface area contributed by atoms with E-state index in [2.05, 4.69) is 43.6 Å². The summed E-state index contributed by atoms with van der Waals surface area (Å²) in [5, 5.41) is 20.7. The van der Waals surface area contributed by atoms with Gasteiger partial charge in [-0.25, -0.2) is 4.68 Å². The van der Waals surface area contributed by atoms with Gasteiger partial charge in [0.05, 0.1) is 24.0 Å². The molecule has 4 atom stereocenters. The molecule has 0 radical (unpaired) electrons. The van der Waals surface area contributed by atoms with Crippen molar-refractivity contribution in [3.63, 3.8) is 0 Å². The van der Waals surface area contributed by atoms with Crippen molar-refractivity contribution >= 4 is 45.2 Å². The predicted molar refractivity (Wildman–Crippen MR) is 182 cm³/mol. The Morgan fingerprint density at radius 3 is 2.61 bits per heavy atom. The number of likely N-dealkylation sites (tertiary alicyclic amines) is 1. The largest absolute Gasteiger partial charge is 0.491 e. The van der Waals surface area contributed by atoms with Crippen LogP contribution in [0.4, 0.5) is 5.69 Å². The topological polar surface area (TPSA) is 166 Å². The second-order valence-electron chi connectivity index (χ2n) is 12.8. The Morgan fingerprint density at radius 1 is 1.12 bits per heavy atom. The standard InChI is InChI=1S/C34H38BrN7O7/c1-39-17-21(15-22(18-39)37-24-16-36-41(3)34(48)29(24)35)19-7-9-20(10-8-19)31(45)40(2)13-14-49-26-6-4-5-23-28(26)33(47)42(32(23)46)25-11-12-27(43)38-30(25)44/h4-10,16,21-22,25,32,37,46H,11-15,17-18H2,1-3H3,(H,38,43,44)/t21-,22+,25?,32?/m0/s1. The first-order chi connectivity index (χ1) is 23.4. The van der Waals surface area contributed by atoms with Crippen LogP contribution in [0.15, 0.2) is 57.9 Å². The number of aromatic nitrogens is 2. The van der Waals surface area contributed by atoms with Crippen LogP contribution in [0.1, 0.15) is 63.3 Å². The Bertz CT molecular complexity index is 1850. The number of hydrogen-bond donors (Lipinski definition) is 3. The minimum absolute atomic E-state index is 0.0704. The first-order valence-corrected chi connectivity index (χ1v) is 16.8. The zero-order valence-corrected chi connectivity index (χ0v) is 29.0. The molecule has 3 aliphatic rings. The summed E-state index contributed by atoms with van der Waals surface area (Å²) in [6, 6.07) is 11.6. The number of halogens is 1. The maximum Gasteiger partial charge on any atom is 0.282 e. The number of carbonyl (C=O) groups excluding carboxylic acids is 4. The molecule has 4 amide bonds. The SMILES string of the molecule is CN1C[C@H](Nc2cnn(C)c(=O)c2Br)C[C@H](c2ccc(C(=O)N(C)CCOc3cccc4c3C(=O)N(C3CCC(=O)NC3=O)C4O)cc2)C1. The van der Waals surface area contributed by atoms with E-state index in [0.717, 1.165) is 30.0 Å². The number of hydrogen-bond acceptors (Lipinski definition) is 10. The summed E-state index contributed by atoms with van der Waals surface area (Å²) < 4.78 is 7.67. The number of aryl methyl sites for hydroxylation is 1. The number of nitrogens with one attached hydrogen (secondary N) is 2. The van der Waals surface area contributed by atoms with Gasteiger partial charge in [-0.15, -0.1) is 0 Å². The van der Waals surface area contributed by atoms with Crippen LogP contribution in [-0.4, -0.2) is 106 Å². The lowest BCUT2D eigenvalue weighted by molar-refractivity contribution is -0.139. The van der Waals surface area contributed by atoms with Gasteiger partial charge in [0.15, 0.2) is 6.23 Å². The van der Waals surface area contributed by atoms with Crippen LogP contribution in [0.3, 0.4) is 0 Å². The van der Waals surface area contributed by atoms with Crippen molar-refractivity contribution in [3.8, 4) is 5.75 Å². The molecular formula is C34H38BrN7O7. The highest BCUT2D eigenvalue weighted by Crippen LogP contribution is 2.39. The molecule has 0 spiro atoms. The predicted octanol–water partition coefficient (Wildman–Crippen LogP) is 1.85. The van der Waals surface area contributed by atoms with Crippen molar-refractivity contribution < 1.29 is 29.0 Å². The lowest BCUT2D eigenvalue weighted by atomic mass is 9.87. The Hall–Kier alpha value is -4.60. The Balaban J connectivity index is 1.05. The summed E-state index contributed by atoms with van der Waals surface area (Å²) in [5.41, 5.74) is 2.56. The number of imide groups is 1. The molecule has 258 valence electrons. The Kier molecular flexibility index (Phi) is 9.86. The van der Waals surface area contributed by atoms with Gasteiger partial charge in [0.1, 0.15) is 22.9 Å². The van der Waals surface area contributed by atoms with Gasteiger partial charge in [0.25, 0.3) is 17.4 Å². The fourth-order valence-electron chi connectivity index (χ4n) is 6.77. The van der Waals surface area contributed by atoms with E-state index in [-0.39, 0.29) is 60.7 Å². The van der Waals surface area contributed by atoms with Crippen LogP contribution in [0.5, 0.6) is 5.75 Å². The van der Waals surface area contributed by atoms with Gasteiger partial charge in [-0.3, -0.25) is 34.2 Å². The number of benzene rings is 2. The number of anilines is 1. The average molecular weight is 737 g/mol. The highest BCUT2D eigenvalue weighted by atomic mass is 79.9. The van der Waals surface area contributed by atoms with E-state index in [9.17, 15) is 29.1 Å². The zero-order chi connectivity index (χ0) is 35.0. The number of aliphatic hydroxyl groups is 1. The van der Waals surface area contributed by atoms with Gasteiger partial charge in [0.2, 0.25) is 11.8 Å².